The zero-order chi connectivity index (χ0) is 10.3. The highest BCUT2D eigenvalue weighted by Gasteiger charge is 2.54. The SMILES string of the molecule is Cc1ccsc1C1(C(O)C(=O)O)CC1. The predicted molar refractivity (Wildman–Crippen MR) is 53.6 cm³/mol. The van der Waals surface area contributed by atoms with Crippen LogP contribution in [0.4, 0.5) is 0 Å². The van der Waals surface area contributed by atoms with Gasteiger partial charge in [-0.3, -0.25) is 0 Å². The molecular weight excluding hydrogens is 200 g/mol. The van der Waals surface area contributed by atoms with Crippen LogP contribution < -0.4 is 0 Å². The number of aryl methyl sites for hydroxylation is 1. The number of hydrogen-bond donors (Lipinski definition) is 2. The molecule has 1 aromatic rings. The first-order valence-electron chi connectivity index (χ1n) is 4.53. The van der Waals surface area contributed by atoms with E-state index in [9.17, 15) is 9.90 Å². The molecule has 0 aromatic carbocycles. The molecule has 3 nitrogen and oxygen atoms in total. The maximum atomic E-state index is 10.7. The van der Waals surface area contributed by atoms with Crippen molar-refractivity contribution in [3.63, 3.8) is 0 Å². The van der Waals surface area contributed by atoms with Gasteiger partial charge < -0.3 is 10.2 Å². The molecule has 0 saturated heterocycles. The molecule has 4 heteroatoms. The maximum Gasteiger partial charge on any atom is 0.333 e. The van der Waals surface area contributed by atoms with Crippen LogP contribution >= 0.6 is 11.3 Å². The summed E-state index contributed by atoms with van der Waals surface area (Å²) in [4.78, 5) is 11.8. The molecule has 1 aliphatic carbocycles. The lowest BCUT2D eigenvalue weighted by molar-refractivity contribution is -0.148. The summed E-state index contributed by atoms with van der Waals surface area (Å²) in [7, 11) is 0. The highest BCUT2D eigenvalue weighted by Crippen LogP contribution is 2.53. The van der Waals surface area contributed by atoms with E-state index in [0.29, 0.717) is 0 Å². The first kappa shape index (κ1) is 9.68. The van der Waals surface area contributed by atoms with E-state index >= 15 is 0 Å². The third-order valence-corrected chi connectivity index (χ3v) is 4.10. The Bertz CT molecular complexity index is 365. The summed E-state index contributed by atoms with van der Waals surface area (Å²) in [5.41, 5.74) is 0.608. The zero-order valence-electron chi connectivity index (χ0n) is 7.86. The van der Waals surface area contributed by atoms with Crippen LogP contribution in [0.25, 0.3) is 0 Å². The summed E-state index contributed by atoms with van der Waals surface area (Å²) >= 11 is 1.54. The van der Waals surface area contributed by atoms with Crippen molar-refractivity contribution in [1.82, 2.24) is 0 Å². The second-order valence-electron chi connectivity index (χ2n) is 3.83. The van der Waals surface area contributed by atoms with Gasteiger partial charge in [0.25, 0.3) is 0 Å². The van der Waals surface area contributed by atoms with E-state index in [0.717, 1.165) is 23.3 Å². The molecule has 1 atom stereocenters. The predicted octanol–water partition coefficient (Wildman–Crippen LogP) is 1.53. The molecule has 2 N–H and O–H groups in total. The fourth-order valence-corrected chi connectivity index (χ4v) is 3.09. The van der Waals surface area contributed by atoms with E-state index < -0.39 is 17.5 Å². The first-order chi connectivity index (χ1) is 6.58. The highest BCUT2D eigenvalue weighted by molar-refractivity contribution is 7.10. The van der Waals surface area contributed by atoms with Crippen LogP contribution in [0, 0.1) is 6.92 Å². The van der Waals surface area contributed by atoms with Gasteiger partial charge in [-0.2, -0.15) is 0 Å². The summed E-state index contributed by atoms with van der Waals surface area (Å²) in [6.07, 6.45) is 0.309. The van der Waals surface area contributed by atoms with E-state index in [1.54, 1.807) is 11.3 Å². The zero-order valence-corrected chi connectivity index (χ0v) is 8.67. The molecule has 1 aromatic heterocycles. The van der Waals surface area contributed by atoms with Crippen molar-refractivity contribution in [2.75, 3.05) is 0 Å². The monoisotopic (exact) mass is 212 g/mol. The number of aliphatic hydroxyl groups is 1. The summed E-state index contributed by atoms with van der Waals surface area (Å²) < 4.78 is 0. The Labute approximate surface area is 86.0 Å². The number of aliphatic carboxylic acids is 1. The minimum Gasteiger partial charge on any atom is -0.479 e. The quantitative estimate of drug-likeness (QED) is 0.799. The number of rotatable bonds is 3. The van der Waals surface area contributed by atoms with Crippen LogP contribution in [-0.4, -0.2) is 22.3 Å². The molecule has 1 unspecified atom stereocenters. The van der Waals surface area contributed by atoms with Crippen LogP contribution in [-0.2, 0) is 10.2 Å². The Morgan fingerprint density at radius 2 is 2.29 bits per heavy atom. The van der Waals surface area contributed by atoms with Gasteiger partial charge in [0.05, 0.1) is 0 Å². The van der Waals surface area contributed by atoms with Crippen molar-refractivity contribution in [2.45, 2.75) is 31.3 Å². The van der Waals surface area contributed by atoms with E-state index in [4.69, 9.17) is 5.11 Å². The molecule has 1 heterocycles. The van der Waals surface area contributed by atoms with Crippen LogP contribution in [0.3, 0.4) is 0 Å². The summed E-state index contributed by atoms with van der Waals surface area (Å²) in [6, 6.07) is 1.97. The third-order valence-electron chi connectivity index (χ3n) is 2.86. The van der Waals surface area contributed by atoms with Crippen molar-refractivity contribution in [3.05, 3.63) is 21.9 Å². The van der Waals surface area contributed by atoms with Crippen molar-refractivity contribution in [3.8, 4) is 0 Å². The molecule has 1 saturated carbocycles. The van der Waals surface area contributed by atoms with Crippen molar-refractivity contribution in [1.29, 1.82) is 0 Å². The Hall–Kier alpha value is -0.870. The number of aliphatic hydroxyl groups excluding tert-OH is 1. The van der Waals surface area contributed by atoms with E-state index in [1.165, 1.54) is 0 Å². The van der Waals surface area contributed by atoms with Gasteiger partial charge in [0.2, 0.25) is 0 Å². The lowest BCUT2D eigenvalue weighted by Gasteiger charge is -2.18. The molecule has 0 bridgehead atoms. The molecule has 1 aliphatic rings. The van der Waals surface area contributed by atoms with E-state index in [2.05, 4.69) is 0 Å². The second-order valence-corrected chi connectivity index (χ2v) is 4.75. The Balaban J connectivity index is 2.34. The maximum absolute atomic E-state index is 10.7. The molecule has 0 radical (unpaired) electrons. The van der Waals surface area contributed by atoms with Crippen molar-refractivity contribution >= 4 is 17.3 Å². The fraction of sp³-hybridized carbons (Fsp3) is 0.500. The van der Waals surface area contributed by atoms with Gasteiger partial charge in [-0.15, -0.1) is 11.3 Å². The highest BCUT2D eigenvalue weighted by atomic mass is 32.1. The summed E-state index contributed by atoms with van der Waals surface area (Å²) in [6.45, 7) is 1.96. The summed E-state index contributed by atoms with van der Waals surface area (Å²) in [5.74, 6) is -1.12. The third kappa shape index (κ3) is 1.26. The lowest BCUT2D eigenvalue weighted by Crippen LogP contribution is -2.33. The molecule has 0 amide bonds. The van der Waals surface area contributed by atoms with E-state index in [-0.39, 0.29) is 0 Å². The van der Waals surface area contributed by atoms with Crippen LogP contribution in [0.1, 0.15) is 23.3 Å². The molecule has 76 valence electrons. The number of carboxylic acid groups (broad SMARTS) is 1. The van der Waals surface area contributed by atoms with Crippen molar-refractivity contribution in [2.24, 2.45) is 0 Å². The number of hydrogen-bond acceptors (Lipinski definition) is 3. The van der Waals surface area contributed by atoms with Gasteiger partial charge in [0.15, 0.2) is 6.10 Å². The molecule has 2 rings (SSSR count). The number of carbonyl (C=O) groups is 1. The minimum atomic E-state index is -1.25. The van der Waals surface area contributed by atoms with Gasteiger partial charge >= 0.3 is 5.97 Å². The van der Waals surface area contributed by atoms with Gasteiger partial charge in [-0.1, -0.05) is 0 Å². The number of thiophene rings is 1. The van der Waals surface area contributed by atoms with Gasteiger partial charge in [0.1, 0.15) is 0 Å². The van der Waals surface area contributed by atoms with E-state index in [1.807, 2.05) is 18.4 Å². The molecule has 0 aliphatic heterocycles. The minimum absolute atomic E-state index is 0.482. The number of carboxylic acids is 1. The van der Waals surface area contributed by atoms with Crippen LogP contribution in [0.15, 0.2) is 11.4 Å². The van der Waals surface area contributed by atoms with Gasteiger partial charge in [-0.25, -0.2) is 4.79 Å². The summed E-state index contributed by atoms with van der Waals surface area (Å²) in [5, 5.41) is 20.4. The molecular formula is C10H12O3S. The first-order valence-corrected chi connectivity index (χ1v) is 5.41. The molecule has 14 heavy (non-hydrogen) atoms. The normalized spacial score (nSPS) is 20.4. The smallest absolute Gasteiger partial charge is 0.333 e. The molecule has 0 spiro atoms. The fourth-order valence-electron chi connectivity index (χ4n) is 1.88. The van der Waals surface area contributed by atoms with Crippen LogP contribution in [0.2, 0.25) is 0 Å². The standard InChI is InChI=1S/C10H12O3S/c1-6-2-5-14-8(6)10(3-4-10)7(11)9(12)13/h2,5,7,11H,3-4H2,1H3,(H,12,13). The topological polar surface area (TPSA) is 57.5 Å². The van der Waals surface area contributed by atoms with Crippen molar-refractivity contribution < 1.29 is 15.0 Å². The molecule has 1 fully saturated rings. The lowest BCUT2D eigenvalue weighted by atomic mass is 9.95. The average Bonchev–Trinajstić information content (AvgIpc) is 2.83. The Morgan fingerprint density at radius 3 is 2.64 bits per heavy atom. The van der Waals surface area contributed by atoms with Crippen LogP contribution in [0.5, 0.6) is 0 Å². The second kappa shape index (κ2) is 3.07. The van der Waals surface area contributed by atoms with Gasteiger partial charge in [0, 0.05) is 10.3 Å². The average molecular weight is 212 g/mol. The van der Waals surface area contributed by atoms with Gasteiger partial charge in [-0.05, 0) is 36.8 Å². The Morgan fingerprint density at radius 1 is 1.64 bits per heavy atom. The largest absolute Gasteiger partial charge is 0.479 e. The Kier molecular flexibility index (Phi) is 2.12.